The second-order valence-corrected chi connectivity index (χ2v) is 8.24. The third-order valence-corrected chi connectivity index (χ3v) is 4.87. The number of hydrogen-bond donors (Lipinski definition) is 0. The van der Waals surface area contributed by atoms with E-state index >= 15 is 0 Å². The van der Waals surface area contributed by atoms with Gasteiger partial charge in [-0.25, -0.2) is 8.42 Å². The van der Waals surface area contributed by atoms with Crippen LogP contribution in [0.4, 0.5) is 0 Å². The lowest BCUT2D eigenvalue weighted by atomic mass is 10.1. The van der Waals surface area contributed by atoms with Gasteiger partial charge in [-0.2, -0.15) is 0 Å². The van der Waals surface area contributed by atoms with Gasteiger partial charge in [0.05, 0.1) is 12.4 Å². The lowest BCUT2D eigenvalue weighted by Crippen LogP contribution is -2.19. The van der Waals surface area contributed by atoms with Crippen LogP contribution in [0.25, 0.3) is 0 Å². The van der Waals surface area contributed by atoms with Gasteiger partial charge in [0, 0.05) is 21.6 Å². The van der Waals surface area contributed by atoms with Crippen molar-refractivity contribution in [1.82, 2.24) is 0 Å². The normalized spacial score (nSPS) is 13.2. The van der Waals surface area contributed by atoms with E-state index in [9.17, 15) is 8.42 Å². The van der Waals surface area contributed by atoms with Crippen molar-refractivity contribution < 1.29 is 13.2 Å². The second kappa shape index (κ2) is 7.53. The molecule has 1 rings (SSSR count). The summed E-state index contributed by atoms with van der Waals surface area (Å²) < 4.78 is 28.0. The minimum absolute atomic E-state index is 0.0616. The number of halogens is 2. The van der Waals surface area contributed by atoms with Crippen molar-refractivity contribution in [1.29, 1.82) is 0 Å². The fraction of sp³-hybridized carbons (Fsp3) is 0.571. The monoisotopic (exact) mass is 338 g/mol. The zero-order chi connectivity index (χ0) is 15.3. The third-order valence-electron chi connectivity index (χ3n) is 3.03. The predicted octanol–water partition coefficient (Wildman–Crippen LogP) is 4.32. The molecule has 0 aliphatic rings. The Kier molecular flexibility index (Phi) is 6.62. The predicted molar refractivity (Wildman–Crippen MR) is 84.5 cm³/mol. The molecule has 114 valence electrons. The molecular formula is C14H20Cl2O3S. The molecule has 1 aromatic carbocycles. The zero-order valence-corrected chi connectivity index (χ0v) is 14.3. The average Bonchev–Trinajstić information content (AvgIpc) is 2.31. The second-order valence-electron chi connectivity index (χ2n) is 5.04. The summed E-state index contributed by atoms with van der Waals surface area (Å²) in [5.41, 5.74) is 1.89. The fourth-order valence-corrected chi connectivity index (χ4v) is 3.58. The molecule has 0 heterocycles. The molecule has 0 amide bonds. The highest BCUT2D eigenvalue weighted by Gasteiger charge is 2.17. The lowest BCUT2D eigenvalue weighted by Gasteiger charge is -2.16. The lowest BCUT2D eigenvalue weighted by molar-refractivity contribution is 0.252. The molecule has 0 spiro atoms. The van der Waals surface area contributed by atoms with Gasteiger partial charge in [0.25, 0.3) is 0 Å². The van der Waals surface area contributed by atoms with Gasteiger partial charge >= 0.3 is 0 Å². The molecule has 1 aromatic rings. The van der Waals surface area contributed by atoms with Crippen molar-refractivity contribution in [3.05, 3.63) is 28.3 Å². The Morgan fingerprint density at radius 3 is 2.25 bits per heavy atom. The molecule has 0 radical (unpaired) electrons. The first-order valence-electron chi connectivity index (χ1n) is 6.54. The quantitative estimate of drug-likeness (QED) is 0.695. The Labute approximate surface area is 130 Å². The summed E-state index contributed by atoms with van der Waals surface area (Å²) in [7, 11) is 1.81. The molecule has 1 unspecified atom stereocenters. The third kappa shape index (κ3) is 5.90. The SMILES string of the molecule is CCCC(COc1cc(C)c(Cl)c(C)c1)CS(=O)(=O)Cl. The highest BCUT2D eigenvalue weighted by molar-refractivity contribution is 8.13. The summed E-state index contributed by atoms with van der Waals surface area (Å²) in [6.45, 7) is 6.16. The summed E-state index contributed by atoms with van der Waals surface area (Å²) in [6.07, 6.45) is 1.65. The average molecular weight is 339 g/mol. The van der Waals surface area contributed by atoms with E-state index in [-0.39, 0.29) is 11.7 Å². The summed E-state index contributed by atoms with van der Waals surface area (Å²) in [5, 5.41) is 0.728. The van der Waals surface area contributed by atoms with Crippen LogP contribution in [0, 0.1) is 19.8 Å². The highest BCUT2D eigenvalue weighted by Crippen LogP contribution is 2.26. The van der Waals surface area contributed by atoms with E-state index < -0.39 is 9.05 Å². The van der Waals surface area contributed by atoms with Crippen LogP contribution in [0.1, 0.15) is 30.9 Å². The molecule has 1 atom stereocenters. The molecule has 0 bridgehead atoms. The van der Waals surface area contributed by atoms with E-state index in [1.54, 1.807) is 0 Å². The fourth-order valence-electron chi connectivity index (χ4n) is 2.11. The topological polar surface area (TPSA) is 43.4 Å². The Morgan fingerprint density at radius 2 is 1.80 bits per heavy atom. The minimum atomic E-state index is -3.50. The van der Waals surface area contributed by atoms with Gasteiger partial charge in [-0.15, -0.1) is 0 Å². The van der Waals surface area contributed by atoms with E-state index in [0.717, 1.165) is 29.0 Å². The summed E-state index contributed by atoms with van der Waals surface area (Å²) in [5.74, 6) is 0.546. The van der Waals surface area contributed by atoms with Gasteiger partial charge in [-0.3, -0.25) is 0 Å². The van der Waals surface area contributed by atoms with Crippen LogP contribution in [-0.2, 0) is 9.05 Å². The van der Waals surface area contributed by atoms with Crippen molar-refractivity contribution in [3.63, 3.8) is 0 Å². The van der Waals surface area contributed by atoms with Crippen LogP contribution in [0.3, 0.4) is 0 Å². The molecule has 0 saturated heterocycles. The molecule has 3 nitrogen and oxygen atoms in total. The first-order valence-corrected chi connectivity index (χ1v) is 9.40. The standard InChI is InChI=1S/C14H20Cl2O3S/c1-4-5-12(9-20(16,17)18)8-19-13-6-10(2)14(15)11(3)7-13/h6-7,12H,4-5,8-9H2,1-3H3. The van der Waals surface area contributed by atoms with Crippen molar-refractivity contribution in [2.45, 2.75) is 33.6 Å². The number of hydrogen-bond acceptors (Lipinski definition) is 3. The van der Waals surface area contributed by atoms with E-state index in [1.807, 2.05) is 32.9 Å². The van der Waals surface area contributed by atoms with Crippen LogP contribution in [0.2, 0.25) is 5.02 Å². The zero-order valence-electron chi connectivity index (χ0n) is 11.9. The summed E-state index contributed by atoms with van der Waals surface area (Å²) >= 11 is 6.10. The number of aryl methyl sites for hydroxylation is 2. The summed E-state index contributed by atoms with van der Waals surface area (Å²) in [4.78, 5) is 0. The van der Waals surface area contributed by atoms with Crippen molar-refractivity contribution in [2.75, 3.05) is 12.4 Å². The molecular weight excluding hydrogens is 319 g/mol. The summed E-state index contributed by atoms with van der Waals surface area (Å²) in [6, 6.07) is 3.71. The molecule has 0 aliphatic heterocycles. The van der Waals surface area contributed by atoms with Crippen LogP contribution >= 0.6 is 22.3 Å². The molecule has 0 fully saturated rings. The van der Waals surface area contributed by atoms with E-state index in [0.29, 0.717) is 12.4 Å². The van der Waals surface area contributed by atoms with E-state index in [2.05, 4.69) is 0 Å². The Bertz CT molecular complexity index is 533. The molecule has 20 heavy (non-hydrogen) atoms. The highest BCUT2D eigenvalue weighted by atomic mass is 35.7. The molecule has 0 saturated carbocycles. The maximum absolute atomic E-state index is 11.2. The van der Waals surface area contributed by atoms with Crippen LogP contribution in [0.15, 0.2) is 12.1 Å². The van der Waals surface area contributed by atoms with Crippen molar-refractivity contribution in [2.24, 2.45) is 5.92 Å². The number of benzene rings is 1. The minimum Gasteiger partial charge on any atom is -0.493 e. The Hall–Kier alpha value is -0.450. The maximum Gasteiger partial charge on any atom is 0.232 e. The molecule has 0 aliphatic carbocycles. The van der Waals surface area contributed by atoms with Gasteiger partial charge in [0.15, 0.2) is 0 Å². The van der Waals surface area contributed by atoms with Crippen molar-refractivity contribution in [3.8, 4) is 5.75 Å². The smallest absolute Gasteiger partial charge is 0.232 e. The number of ether oxygens (including phenoxy) is 1. The Morgan fingerprint density at radius 1 is 1.25 bits per heavy atom. The van der Waals surface area contributed by atoms with Crippen LogP contribution in [-0.4, -0.2) is 20.8 Å². The Balaban J connectivity index is 2.72. The van der Waals surface area contributed by atoms with E-state index in [4.69, 9.17) is 27.0 Å². The van der Waals surface area contributed by atoms with E-state index in [1.165, 1.54) is 0 Å². The first kappa shape index (κ1) is 17.6. The number of rotatable bonds is 7. The van der Waals surface area contributed by atoms with Gasteiger partial charge in [0.1, 0.15) is 5.75 Å². The maximum atomic E-state index is 11.2. The van der Waals surface area contributed by atoms with Crippen LogP contribution < -0.4 is 4.74 Å². The molecule has 6 heteroatoms. The van der Waals surface area contributed by atoms with Crippen molar-refractivity contribution >= 4 is 31.3 Å². The van der Waals surface area contributed by atoms with Crippen LogP contribution in [0.5, 0.6) is 5.75 Å². The molecule has 0 N–H and O–H groups in total. The largest absolute Gasteiger partial charge is 0.493 e. The van der Waals surface area contributed by atoms with Gasteiger partial charge in [0.2, 0.25) is 9.05 Å². The molecule has 0 aromatic heterocycles. The van der Waals surface area contributed by atoms with Gasteiger partial charge in [-0.1, -0.05) is 24.9 Å². The van der Waals surface area contributed by atoms with Gasteiger partial charge in [-0.05, 0) is 43.5 Å². The first-order chi connectivity index (χ1) is 9.23. The van der Waals surface area contributed by atoms with Gasteiger partial charge < -0.3 is 4.74 Å².